The number of H-pyrrole nitrogens is 1. The first-order chi connectivity index (χ1) is 16.3. The number of aromatic amines is 1. The third-order valence-electron chi connectivity index (χ3n) is 5.82. The largest absolute Gasteiger partial charge is 0.487 e. The van der Waals surface area contributed by atoms with E-state index < -0.39 is 0 Å². The van der Waals surface area contributed by atoms with Gasteiger partial charge in [-0.25, -0.2) is 10.1 Å². The van der Waals surface area contributed by atoms with E-state index >= 15 is 0 Å². The first-order valence-corrected chi connectivity index (χ1v) is 11.2. The predicted octanol–water partition coefficient (Wildman–Crippen LogP) is 5.48. The van der Waals surface area contributed by atoms with Crippen molar-refractivity contribution < 1.29 is 4.74 Å². The van der Waals surface area contributed by atoms with Crippen molar-refractivity contribution in [2.24, 2.45) is 0 Å². The third kappa shape index (κ3) is 5.23. The Morgan fingerprint density at radius 1 is 0.818 bits per heavy atom. The van der Waals surface area contributed by atoms with Gasteiger partial charge in [0.05, 0.1) is 11.2 Å². The molecule has 0 fully saturated rings. The lowest BCUT2D eigenvalue weighted by atomic mass is 9.92. The zero-order valence-corrected chi connectivity index (χ0v) is 18.3. The van der Waals surface area contributed by atoms with Crippen LogP contribution in [0.15, 0.2) is 91.0 Å². The normalized spacial score (nSPS) is 12.0. The van der Waals surface area contributed by atoms with Crippen LogP contribution in [0.5, 0.6) is 5.75 Å². The highest BCUT2D eigenvalue weighted by Crippen LogP contribution is 2.27. The van der Waals surface area contributed by atoms with Gasteiger partial charge in [-0.2, -0.15) is 0 Å². The zero-order chi connectivity index (χ0) is 22.3. The van der Waals surface area contributed by atoms with E-state index in [9.17, 15) is 0 Å². The molecule has 1 N–H and O–H groups in total. The first kappa shape index (κ1) is 20.8. The maximum Gasteiger partial charge on any atom is 0.155 e. The lowest BCUT2D eigenvalue weighted by molar-refractivity contribution is 0.301. The van der Waals surface area contributed by atoms with Gasteiger partial charge < -0.3 is 4.74 Å². The van der Waals surface area contributed by atoms with Gasteiger partial charge >= 0.3 is 0 Å². The molecular formula is C27H25N5O. The molecule has 0 aliphatic carbocycles. The number of pyridine rings is 1. The van der Waals surface area contributed by atoms with E-state index in [1.165, 1.54) is 11.1 Å². The molecule has 2 aromatic heterocycles. The summed E-state index contributed by atoms with van der Waals surface area (Å²) >= 11 is 0. The number of hydrogen-bond acceptors (Lipinski definition) is 5. The molecule has 1 unspecified atom stereocenters. The topological polar surface area (TPSA) is 76.6 Å². The molecule has 1 atom stereocenters. The van der Waals surface area contributed by atoms with Gasteiger partial charge in [0.2, 0.25) is 0 Å². The van der Waals surface area contributed by atoms with E-state index in [1.807, 2.05) is 42.5 Å². The van der Waals surface area contributed by atoms with Gasteiger partial charge in [-0.05, 0) is 65.1 Å². The van der Waals surface area contributed by atoms with Crippen molar-refractivity contribution in [3.8, 4) is 5.75 Å². The molecule has 0 bridgehead atoms. The Bertz CT molecular complexity index is 1290. The molecule has 0 amide bonds. The summed E-state index contributed by atoms with van der Waals surface area (Å²) in [5.41, 5.74) is 4.42. The van der Waals surface area contributed by atoms with E-state index in [4.69, 9.17) is 4.74 Å². The number of tetrazole rings is 1. The van der Waals surface area contributed by atoms with Crippen molar-refractivity contribution >= 4 is 10.9 Å². The van der Waals surface area contributed by atoms with E-state index in [1.54, 1.807) is 0 Å². The average molecular weight is 436 g/mol. The fourth-order valence-electron chi connectivity index (χ4n) is 4.07. The molecule has 3 aromatic carbocycles. The summed E-state index contributed by atoms with van der Waals surface area (Å²) in [6, 6.07) is 30.9. The van der Waals surface area contributed by atoms with Gasteiger partial charge in [-0.1, -0.05) is 66.7 Å². The minimum Gasteiger partial charge on any atom is -0.487 e. The summed E-state index contributed by atoms with van der Waals surface area (Å²) in [6.45, 7) is 0.453. The van der Waals surface area contributed by atoms with Crippen LogP contribution >= 0.6 is 0 Å². The van der Waals surface area contributed by atoms with Crippen LogP contribution in [0.2, 0.25) is 0 Å². The van der Waals surface area contributed by atoms with Crippen molar-refractivity contribution in [3.63, 3.8) is 0 Å². The van der Waals surface area contributed by atoms with Crippen LogP contribution in [0.1, 0.15) is 41.4 Å². The third-order valence-corrected chi connectivity index (χ3v) is 5.82. The number of nitrogens with one attached hydrogen (secondary N) is 1. The molecule has 2 heterocycles. The summed E-state index contributed by atoms with van der Waals surface area (Å²) in [5, 5.41) is 15.7. The fraction of sp³-hybridized carbons (Fsp3) is 0.185. The molecule has 0 saturated carbocycles. The predicted molar refractivity (Wildman–Crippen MR) is 128 cm³/mol. The Labute approximate surface area is 192 Å². The number of hydrogen-bond donors (Lipinski definition) is 1. The minimum absolute atomic E-state index is 0.165. The van der Waals surface area contributed by atoms with Crippen LogP contribution in [-0.2, 0) is 13.0 Å². The maximum absolute atomic E-state index is 5.96. The van der Waals surface area contributed by atoms with Gasteiger partial charge in [0.15, 0.2) is 5.82 Å². The zero-order valence-electron chi connectivity index (χ0n) is 18.3. The van der Waals surface area contributed by atoms with Crippen LogP contribution in [0.3, 0.4) is 0 Å². The van der Waals surface area contributed by atoms with Crippen LogP contribution in [-0.4, -0.2) is 25.6 Å². The molecular weight excluding hydrogens is 410 g/mol. The van der Waals surface area contributed by atoms with Gasteiger partial charge in [0, 0.05) is 11.3 Å². The van der Waals surface area contributed by atoms with E-state index in [0.29, 0.717) is 6.61 Å². The van der Waals surface area contributed by atoms with Crippen molar-refractivity contribution in [1.29, 1.82) is 0 Å². The lowest BCUT2D eigenvalue weighted by Gasteiger charge is -2.14. The van der Waals surface area contributed by atoms with Crippen molar-refractivity contribution in [1.82, 2.24) is 25.6 Å². The van der Waals surface area contributed by atoms with Crippen LogP contribution in [0.4, 0.5) is 0 Å². The molecule has 0 saturated heterocycles. The van der Waals surface area contributed by atoms with E-state index in [2.05, 4.69) is 74.1 Å². The van der Waals surface area contributed by atoms with E-state index in [0.717, 1.165) is 47.4 Å². The highest BCUT2D eigenvalue weighted by Gasteiger charge is 2.17. The number of aryl methyl sites for hydroxylation is 1. The highest BCUT2D eigenvalue weighted by molar-refractivity contribution is 5.78. The summed E-state index contributed by atoms with van der Waals surface area (Å²) < 4.78 is 5.96. The molecule has 0 radical (unpaired) electrons. The first-order valence-electron chi connectivity index (χ1n) is 11.2. The summed E-state index contributed by atoms with van der Waals surface area (Å²) in [4.78, 5) is 4.67. The summed E-state index contributed by atoms with van der Waals surface area (Å²) in [7, 11) is 0. The smallest absolute Gasteiger partial charge is 0.155 e. The number of benzene rings is 3. The van der Waals surface area contributed by atoms with Crippen LogP contribution in [0.25, 0.3) is 10.9 Å². The van der Waals surface area contributed by atoms with Gasteiger partial charge in [-0.3, -0.25) is 0 Å². The van der Waals surface area contributed by atoms with Crippen molar-refractivity contribution in [3.05, 3.63) is 114 Å². The second-order valence-electron chi connectivity index (χ2n) is 8.07. The maximum atomic E-state index is 5.96. The molecule has 164 valence electrons. The summed E-state index contributed by atoms with van der Waals surface area (Å²) in [6.07, 6.45) is 2.98. The Hall–Kier alpha value is -4.06. The Kier molecular flexibility index (Phi) is 6.33. The number of nitrogens with zero attached hydrogens (tertiary/aromatic N) is 4. The van der Waals surface area contributed by atoms with Gasteiger partial charge in [0.25, 0.3) is 0 Å². The van der Waals surface area contributed by atoms with Crippen molar-refractivity contribution in [2.75, 3.05) is 0 Å². The van der Waals surface area contributed by atoms with Gasteiger partial charge in [0.1, 0.15) is 12.4 Å². The molecule has 0 aliphatic heterocycles. The average Bonchev–Trinajstić information content (AvgIpc) is 3.41. The quantitative estimate of drug-likeness (QED) is 0.332. The molecule has 0 spiro atoms. The minimum atomic E-state index is 0.165. The molecule has 5 aromatic rings. The Balaban J connectivity index is 1.16. The van der Waals surface area contributed by atoms with E-state index in [-0.39, 0.29) is 5.92 Å². The number of para-hydroxylation sites is 1. The van der Waals surface area contributed by atoms with Crippen LogP contribution in [0, 0.1) is 0 Å². The number of rotatable bonds is 9. The second kappa shape index (κ2) is 10.0. The Morgan fingerprint density at radius 2 is 1.64 bits per heavy atom. The molecule has 6 heteroatoms. The highest BCUT2D eigenvalue weighted by atomic mass is 16.5. The lowest BCUT2D eigenvalue weighted by Crippen LogP contribution is -2.04. The number of fused-ring (bicyclic) bond motifs is 1. The summed E-state index contributed by atoms with van der Waals surface area (Å²) in [5.74, 6) is 1.83. The van der Waals surface area contributed by atoms with Crippen LogP contribution < -0.4 is 4.74 Å². The van der Waals surface area contributed by atoms with Gasteiger partial charge in [-0.15, -0.1) is 5.10 Å². The second-order valence-corrected chi connectivity index (χ2v) is 8.07. The Morgan fingerprint density at radius 3 is 2.45 bits per heavy atom. The molecule has 6 nitrogen and oxygen atoms in total. The number of aromatic nitrogens is 5. The monoisotopic (exact) mass is 435 g/mol. The standard InChI is InChI=1S/C27H25N5O/c1-2-8-21(9-3-1)25(27-29-31-32-30-27)11-6-7-20-13-17-24(18-14-20)33-19-23-16-15-22-10-4-5-12-26(22)28-23/h1-5,8-10,12-18,25H,6-7,11,19H2,(H,29,30,31,32). The number of ether oxygens (including phenoxy) is 1. The SMILES string of the molecule is c1ccc(C(CCCc2ccc(OCc3ccc4ccccc4n3)cc2)c2nnn[nH]2)cc1. The fourth-order valence-corrected chi connectivity index (χ4v) is 4.07. The van der Waals surface area contributed by atoms with Crippen molar-refractivity contribution in [2.45, 2.75) is 31.8 Å². The molecule has 0 aliphatic rings. The molecule has 33 heavy (non-hydrogen) atoms. The molecule has 5 rings (SSSR count).